The maximum atomic E-state index is 6.53. The van der Waals surface area contributed by atoms with Crippen LogP contribution in [-0.2, 0) is 24.6 Å². The van der Waals surface area contributed by atoms with Crippen LogP contribution in [0, 0.1) is 5.41 Å². The van der Waals surface area contributed by atoms with Crippen molar-refractivity contribution in [2.45, 2.75) is 52.5 Å². The molecule has 1 fully saturated rings. The van der Waals surface area contributed by atoms with Crippen LogP contribution < -0.4 is 5.32 Å². The molecule has 2 heterocycles. The van der Waals surface area contributed by atoms with Crippen molar-refractivity contribution in [2.75, 3.05) is 19.8 Å². The first-order valence-corrected chi connectivity index (χ1v) is 8.36. The van der Waals surface area contributed by atoms with Crippen LogP contribution in [0.25, 0.3) is 0 Å². The third-order valence-corrected chi connectivity index (χ3v) is 4.77. The number of hydrogen-bond acceptors (Lipinski definition) is 3. The zero-order chi connectivity index (χ0) is 15.5. The Bertz CT molecular complexity index is 464. The minimum Gasteiger partial charge on any atom is -0.381 e. The van der Waals surface area contributed by atoms with Gasteiger partial charge >= 0.3 is 0 Å². The summed E-state index contributed by atoms with van der Waals surface area (Å²) in [6.45, 7) is 9.11. The van der Waals surface area contributed by atoms with Gasteiger partial charge in [-0.3, -0.25) is 4.68 Å². The van der Waals surface area contributed by atoms with Crippen LogP contribution in [0.3, 0.4) is 0 Å². The van der Waals surface area contributed by atoms with Crippen LogP contribution in [0.2, 0.25) is 5.02 Å². The average Bonchev–Trinajstić information content (AvgIpc) is 2.74. The second-order valence-corrected chi connectivity index (χ2v) is 6.93. The molecule has 4 nitrogen and oxygen atoms in total. The fourth-order valence-corrected chi connectivity index (χ4v) is 3.40. The molecule has 0 amide bonds. The monoisotopic (exact) mass is 313 g/mol. The second-order valence-electron chi connectivity index (χ2n) is 6.55. The highest BCUT2D eigenvalue weighted by Crippen LogP contribution is 2.35. The molecular weight excluding hydrogens is 286 g/mol. The van der Waals surface area contributed by atoms with Crippen molar-refractivity contribution in [1.29, 1.82) is 0 Å². The van der Waals surface area contributed by atoms with E-state index in [2.05, 4.69) is 31.2 Å². The molecule has 1 saturated heterocycles. The lowest BCUT2D eigenvalue weighted by Crippen LogP contribution is -2.45. The minimum absolute atomic E-state index is 0.130. The summed E-state index contributed by atoms with van der Waals surface area (Å²) < 4.78 is 7.74. The van der Waals surface area contributed by atoms with E-state index >= 15 is 0 Å². The summed E-state index contributed by atoms with van der Waals surface area (Å²) in [7, 11) is 1.99. The highest BCUT2D eigenvalue weighted by Gasteiger charge is 2.35. The Morgan fingerprint density at radius 1 is 1.48 bits per heavy atom. The Balaban J connectivity index is 2.20. The molecule has 1 aromatic heterocycles. The third-order valence-electron chi connectivity index (χ3n) is 4.33. The molecule has 2 rings (SSSR count). The van der Waals surface area contributed by atoms with Gasteiger partial charge in [-0.1, -0.05) is 32.4 Å². The number of nitrogens with one attached hydrogen (secondary N) is 1. The van der Waals surface area contributed by atoms with E-state index in [1.54, 1.807) is 0 Å². The van der Waals surface area contributed by atoms with Gasteiger partial charge in [-0.2, -0.15) is 5.10 Å². The van der Waals surface area contributed by atoms with Gasteiger partial charge in [-0.15, -0.1) is 0 Å². The Morgan fingerprint density at radius 3 is 2.76 bits per heavy atom. The minimum atomic E-state index is 0.130. The standard InChI is InChI=1S/C16H28ClN3O/c1-5-13-15(17)14(20(4)19-13)9-16(10-18-12(2)3)7-6-8-21-11-16/h12,18H,5-11H2,1-4H3. The van der Waals surface area contributed by atoms with E-state index in [9.17, 15) is 0 Å². The van der Waals surface area contributed by atoms with Gasteiger partial charge in [0.05, 0.1) is 23.0 Å². The number of aryl methyl sites for hydroxylation is 2. The van der Waals surface area contributed by atoms with Gasteiger partial charge in [0.15, 0.2) is 0 Å². The number of rotatable bonds is 6. The molecular formula is C16H28ClN3O. The van der Waals surface area contributed by atoms with Crippen molar-refractivity contribution in [2.24, 2.45) is 12.5 Å². The number of nitrogens with zero attached hydrogens (tertiary/aromatic N) is 2. The molecule has 0 saturated carbocycles. The molecule has 0 spiro atoms. The fourth-order valence-electron chi connectivity index (χ4n) is 3.04. The van der Waals surface area contributed by atoms with Crippen molar-refractivity contribution in [3.8, 4) is 0 Å². The lowest BCUT2D eigenvalue weighted by Gasteiger charge is -2.38. The van der Waals surface area contributed by atoms with Crippen LogP contribution in [0.4, 0.5) is 0 Å². The first-order chi connectivity index (χ1) is 9.97. The summed E-state index contributed by atoms with van der Waals surface area (Å²) >= 11 is 6.53. The fraction of sp³-hybridized carbons (Fsp3) is 0.812. The third kappa shape index (κ3) is 3.99. The molecule has 5 heteroatoms. The molecule has 0 aromatic carbocycles. The van der Waals surface area contributed by atoms with E-state index in [4.69, 9.17) is 16.3 Å². The quantitative estimate of drug-likeness (QED) is 0.877. The lowest BCUT2D eigenvalue weighted by atomic mass is 9.78. The number of aromatic nitrogens is 2. The van der Waals surface area contributed by atoms with E-state index in [1.165, 1.54) is 6.42 Å². The second kappa shape index (κ2) is 7.12. The predicted octanol–water partition coefficient (Wildman–Crippen LogP) is 2.97. The average molecular weight is 314 g/mol. The predicted molar refractivity (Wildman–Crippen MR) is 86.9 cm³/mol. The molecule has 120 valence electrons. The van der Waals surface area contributed by atoms with Crippen LogP contribution in [-0.4, -0.2) is 35.6 Å². The summed E-state index contributed by atoms with van der Waals surface area (Å²) in [6.07, 6.45) is 4.10. The van der Waals surface area contributed by atoms with Crippen molar-refractivity contribution in [3.05, 3.63) is 16.4 Å². The molecule has 1 unspecified atom stereocenters. The van der Waals surface area contributed by atoms with Gasteiger partial charge in [-0.25, -0.2) is 0 Å². The zero-order valence-corrected chi connectivity index (χ0v) is 14.5. The maximum absolute atomic E-state index is 6.53. The molecule has 1 aromatic rings. The van der Waals surface area contributed by atoms with Crippen LogP contribution >= 0.6 is 11.6 Å². The Morgan fingerprint density at radius 2 is 2.24 bits per heavy atom. The van der Waals surface area contributed by atoms with Crippen LogP contribution in [0.5, 0.6) is 0 Å². The van der Waals surface area contributed by atoms with Crippen molar-refractivity contribution in [1.82, 2.24) is 15.1 Å². The van der Waals surface area contributed by atoms with Gasteiger partial charge < -0.3 is 10.1 Å². The maximum Gasteiger partial charge on any atom is 0.0849 e. The van der Waals surface area contributed by atoms with Crippen molar-refractivity contribution >= 4 is 11.6 Å². The van der Waals surface area contributed by atoms with E-state index in [0.717, 1.165) is 55.4 Å². The molecule has 1 atom stereocenters. The zero-order valence-electron chi connectivity index (χ0n) is 13.7. The highest BCUT2D eigenvalue weighted by atomic mass is 35.5. The van der Waals surface area contributed by atoms with Crippen molar-refractivity contribution in [3.63, 3.8) is 0 Å². The number of halogens is 1. The van der Waals surface area contributed by atoms with E-state index < -0.39 is 0 Å². The van der Waals surface area contributed by atoms with E-state index in [1.807, 2.05) is 11.7 Å². The SMILES string of the molecule is CCc1nn(C)c(CC2(CNC(C)C)CCCOC2)c1Cl. The summed E-state index contributed by atoms with van der Waals surface area (Å²) in [4.78, 5) is 0. The normalized spacial score (nSPS) is 23.0. The summed E-state index contributed by atoms with van der Waals surface area (Å²) in [5.74, 6) is 0. The topological polar surface area (TPSA) is 39.1 Å². The Hall–Kier alpha value is -0.580. The Labute approximate surface area is 133 Å². The molecule has 0 aliphatic carbocycles. The largest absolute Gasteiger partial charge is 0.381 e. The number of ether oxygens (including phenoxy) is 1. The summed E-state index contributed by atoms with van der Waals surface area (Å²) in [6, 6.07) is 0.483. The molecule has 21 heavy (non-hydrogen) atoms. The lowest BCUT2D eigenvalue weighted by molar-refractivity contribution is -0.00890. The Kier molecular flexibility index (Phi) is 5.69. The van der Waals surface area contributed by atoms with Crippen molar-refractivity contribution < 1.29 is 4.74 Å². The number of hydrogen-bond donors (Lipinski definition) is 1. The van der Waals surface area contributed by atoms with E-state index in [0.29, 0.717) is 6.04 Å². The summed E-state index contributed by atoms with van der Waals surface area (Å²) in [5, 5.41) is 8.97. The first kappa shape index (κ1) is 16.8. The summed E-state index contributed by atoms with van der Waals surface area (Å²) in [5.41, 5.74) is 2.27. The van der Waals surface area contributed by atoms with Gasteiger partial charge in [-0.05, 0) is 25.7 Å². The molecule has 1 N–H and O–H groups in total. The van der Waals surface area contributed by atoms with Crippen LogP contribution in [0.15, 0.2) is 0 Å². The van der Waals surface area contributed by atoms with Gasteiger partial charge in [0.1, 0.15) is 0 Å². The highest BCUT2D eigenvalue weighted by molar-refractivity contribution is 6.31. The van der Waals surface area contributed by atoms with Crippen LogP contribution in [0.1, 0.15) is 45.0 Å². The molecule has 1 aliphatic heterocycles. The molecule has 0 radical (unpaired) electrons. The van der Waals surface area contributed by atoms with Gasteiger partial charge in [0.25, 0.3) is 0 Å². The first-order valence-electron chi connectivity index (χ1n) is 7.99. The molecule has 0 bridgehead atoms. The van der Waals surface area contributed by atoms with Gasteiger partial charge in [0.2, 0.25) is 0 Å². The molecule has 1 aliphatic rings. The van der Waals surface area contributed by atoms with Gasteiger partial charge in [0, 0.05) is 31.7 Å². The smallest absolute Gasteiger partial charge is 0.0849 e. The van der Waals surface area contributed by atoms with E-state index in [-0.39, 0.29) is 5.41 Å².